The third-order valence-corrected chi connectivity index (χ3v) is 3.15. The van der Waals surface area contributed by atoms with Gasteiger partial charge in [0, 0.05) is 23.8 Å². The average Bonchev–Trinajstić information content (AvgIpc) is 3.05. The molecule has 0 radical (unpaired) electrons. The monoisotopic (exact) mass is 255 g/mol. The lowest BCUT2D eigenvalue weighted by Gasteiger charge is -2.09. The number of aromatic nitrogens is 4. The van der Waals surface area contributed by atoms with Gasteiger partial charge in [0.1, 0.15) is 0 Å². The van der Waals surface area contributed by atoms with Crippen molar-refractivity contribution in [2.24, 2.45) is 0 Å². The Morgan fingerprint density at radius 2 is 2.26 bits per heavy atom. The lowest BCUT2D eigenvalue weighted by atomic mass is 10.2. The van der Waals surface area contributed by atoms with Crippen LogP contribution in [0.1, 0.15) is 19.0 Å². The number of nitrogens with one attached hydrogen (secondary N) is 2. The van der Waals surface area contributed by atoms with E-state index in [2.05, 4.69) is 45.7 Å². The summed E-state index contributed by atoms with van der Waals surface area (Å²) in [5, 5.41) is 15.8. The van der Waals surface area contributed by atoms with Gasteiger partial charge in [0.05, 0.1) is 24.0 Å². The SMILES string of the molecule is CCCn1nccc1CNc1ccc2[nH]ncc2c1. The second-order valence-corrected chi connectivity index (χ2v) is 4.57. The Hall–Kier alpha value is -2.30. The van der Waals surface area contributed by atoms with Gasteiger partial charge in [-0.25, -0.2) is 0 Å². The van der Waals surface area contributed by atoms with Crippen LogP contribution in [0.3, 0.4) is 0 Å². The molecule has 0 bridgehead atoms. The third kappa shape index (κ3) is 2.45. The highest BCUT2D eigenvalue weighted by Crippen LogP contribution is 2.17. The fraction of sp³-hybridized carbons (Fsp3) is 0.286. The summed E-state index contributed by atoms with van der Waals surface area (Å²) in [4.78, 5) is 0. The van der Waals surface area contributed by atoms with Crippen LogP contribution in [0, 0.1) is 0 Å². The molecule has 3 rings (SSSR count). The van der Waals surface area contributed by atoms with Crippen LogP contribution in [0.2, 0.25) is 0 Å². The van der Waals surface area contributed by atoms with Crippen LogP contribution >= 0.6 is 0 Å². The van der Waals surface area contributed by atoms with E-state index in [4.69, 9.17) is 0 Å². The fourth-order valence-corrected chi connectivity index (χ4v) is 2.17. The lowest BCUT2D eigenvalue weighted by molar-refractivity contribution is 0.578. The van der Waals surface area contributed by atoms with Crippen LogP contribution in [0.5, 0.6) is 0 Å². The topological polar surface area (TPSA) is 58.5 Å². The molecule has 0 unspecified atom stereocenters. The number of nitrogens with zero attached hydrogens (tertiary/aromatic N) is 3. The normalized spacial score (nSPS) is 11.0. The van der Waals surface area contributed by atoms with Gasteiger partial charge in [0.15, 0.2) is 0 Å². The molecule has 0 amide bonds. The molecule has 2 aromatic heterocycles. The van der Waals surface area contributed by atoms with Crippen LogP contribution in [0.15, 0.2) is 36.7 Å². The Bertz CT molecular complexity index is 667. The molecule has 5 nitrogen and oxygen atoms in total. The van der Waals surface area contributed by atoms with Crippen molar-refractivity contribution in [1.82, 2.24) is 20.0 Å². The zero-order valence-corrected chi connectivity index (χ0v) is 10.9. The molecule has 0 fully saturated rings. The molecule has 0 spiro atoms. The maximum atomic E-state index is 4.32. The van der Waals surface area contributed by atoms with E-state index in [9.17, 15) is 0 Å². The number of hydrogen-bond donors (Lipinski definition) is 2. The summed E-state index contributed by atoms with van der Waals surface area (Å²) < 4.78 is 2.05. The smallest absolute Gasteiger partial charge is 0.0651 e. The molecular weight excluding hydrogens is 238 g/mol. The van der Waals surface area contributed by atoms with E-state index in [0.29, 0.717) is 0 Å². The summed E-state index contributed by atoms with van der Waals surface area (Å²) in [6.07, 6.45) is 4.78. The molecule has 0 saturated heterocycles. The van der Waals surface area contributed by atoms with E-state index in [1.54, 1.807) is 0 Å². The molecule has 0 aliphatic rings. The minimum atomic E-state index is 0.781. The van der Waals surface area contributed by atoms with Crippen molar-refractivity contribution in [3.05, 3.63) is 42.4 Å². The number of fused-ring (bicyclic) bond motifs is 1. The van der Waals surface area contributed by atoms with E-state index < -0.39 is 0 Å². The maximum Gasteiger partial charge on any atom is 0.0651 e. The highest BCUT2D eigenvalue weighted by atomic mass is 15.3. The van der Waals surface area contributed by atoms with Crippen LogP contribution in [-0.4, -0.2) is 20.0 Å². The minimum absolute atomic E-state index is 0.781. The molecule has 1 aromatic carbocycles. The van der Waals surface area contributed by atoms with Crippen molar-refractivity contribution < 1.29 is 0 Å². The largest absolute Gasteiger partial charge is 0.379 e. The van der Waals surface area contributed by atoms with Crippen molar-refractivity contribution in [3.8, 4) is 0 Å². The molecule has 3 aromatic rings. The van der Waals surface area contributed by atoms with Gasteiger partial charge in [-0.2, -0.15) is 10.2 Å². The standard InChI is InChI=1S/C14H17N5/c1-2-7-19-13(5-6-17-19)10-15-12-3-4-14-11(8-12)9-16-18-14/h3-6,8-9,15H,2,7,10H2,1H3,(H,16,18). The number of aryl methyl sites for hydroxylation is 1. The highest BCUT2D eigenvalue weighted by molar-refractivity contribution is 5.81. The molecule has 2 N–H and O–H groups in total. The number of aromatic amines is 1. The lowest BCUT2D eigenvalue weighted by Crippen LogP contribution is -2.08. The van der Waals surface area contributed by atoms with Gasteiger partial charge in [-0.05, 0) is 30.7 Å². The summed E-state index contributed by atoms with van der Waals surface area (Å²) >= 11 is 0. The Labute approximate surface area is 111 Å². The van der Waals surface area contributed by atoms with Crippen molar-refractivity contribution >= 4 is 16.6 Å². The first-order chi connectivity index (χ1) is 9.36. The fourth-order valence-electron chi connectivity index (χ4n) is 2.17. The van der Waals surface area contributed by atoms with E-state index in [1.165, 1.54) is 5.69 Å². The van der Waals surface area contributed by atoms with Crippen LogP contribution in [0.4, 0.5) is 5.69 Å². The summed E-state index contributed by atoms with van der Waals surface area (Å²) in [6.45, 7) is 3.90. The first-order valence-corrected chi connectivity index (χ1v) is 6.54. The Morgan fingerprint density at radius 3 is 3.16 bits per heavy atom. The zero-order valence-electron chi connectivity index (χ0n) is 10.9. The van der Waals surface area contributed by atoms with Gasteiger partial charge in [-0.15, -0.1) is 0 Å². The van der Waals surface area contributed by atoms with E-state index in [1.807, 2.05) is 23.1 Å². The number of rotatable bonds is 5. The Balaban J connectivity index is 1.72. The molecule has 0 aliphatic carbocycles. The number of anilines is 1. The molecular formula is C14H17N5. The Kier molecular flexibility index (Phi) is 3.18. The number of H-pyrrole nitrogens is 1. The second-order valence-electron chi connectivity index (χ2n) is 4.57. The quantitative estimate of drug-likeness (QED) is 0.737. The first-order valence-electron chi connectivity index (χ1n) is 6.54. The van der Waals surface area contributed by atoms with E-state index in [0.717, 1.165) is 36.1 Å². The van der Waals surface area contributed by atoms with Crippen LogP contribution in [-0.2, 0) is 13.1 Å². The van der Waals surface area contributed by atoms with E-state index in [-0.39, 0.29) is 0 Å². The van der Waals surface area contributed by atoms with E-state index >= 15 is 0 Å². The molecule has 2 heterocycles. The first kappa shape index (κ1) is 11.8. The summed E-state index contributed by atoms with van der Waals surface area (Å²) in [5.41, 5.74) is 3.36. The molecule has 0 saturated carbocycles. The molecule has 0 aliphatic heterocycles. The second kappa shape index (κ2) is 5.14. The van der Waals surface area contributed by atoms with Gasteiger partial charge in [-0.3, -0.25) is 9.78 Å². The number of benzene rings is 1. The van der Waals surface area contributed by atoms with Crippen molar-refractivity contribution in [1.29, 1.82) is 0 Å². The molecule has 5 heteroatoms. The maximum absolute atomic E-state index is 4.32. The van der Waals surface area contributed by atoms with Gasteiger partial charge < -0.3 is 5.32 Å². The summed E-state index contributed by atoms with van der Waals surface area (Å²) in [7, 11) is 0. The Morgan fingerprint density at radius 1 is 1.32 bits per heavy atom. The molecule has 0 atom stereocenters. The predicted molar refractivity (Wildman–Crippen MR) is 75.9 cm³/mol. The summed E-state index contributed by atoms with van der Waals surface area (Å²) in [5.74, 6) is 0. The van der Waals surface area contributed by atoms with Crippen molar-refractivity contribution in [2.75, 3.05) is 5.32 Å². The van der Waals surface area contributed by atoms with Crippen molar-refractivity contribution in [3.63, 3.8) is 0 Å². The predicted octanol–water partition coefficient (Wildman–Crippen LogP) is 2.78. The summed E-state index contributed by atoms with van der Waals surface area (Å²) in [6, 6.07) is 8.24. The van der Waals surface area contributed by atoms with Gasteiger partial charge in [0.25, 0.3) is 0 Å². The average molecular weight is 255 g/mol. The highest BCUT2D eigenvalue weighted by Gasteiger charge is 2.02. The van der Waals surface area contributed by atoms with Gasteiger partial charge in [-0.1, -0.05) is 6.92 Å². The van der Waals surface area contributed by atoms with Gasteiger partial charge >= 0.3 is 0 Å². The molecule has 98 valence electrons. The zero-order chi connectivity index (χ0) is 13.1. The third-order valence-electron chi connectivity index (χ3n) is 3.15. The van der Waals surface area contributed by atoms with Crippen LogP contribution in [0.25, 0.3) is 10.9 Å². The van der Waals surface area contributed by atoms with Crippen LogP contribution < -0.4 is 5.32 Å². The van der Waals surface area contributed by atoms with Gasteiger partial charge in [0.2, 0.25) is 0 Å². The minimum Gasteiger partial charge on any atom is -0.379 e. The van der Waals surface area contributed by atoms with Crippen molar-refractivity contribution in [2.45, 2.75) is 26.4 Å². The number of hydrogen-bond acceptors (Lipinski definition) is 3. The molecule has 19 heavy (non-hydrogen) atoms.